The lowest BCUT2D eigenvalue weighted by molar-refractivity contribution is -0.141. The molecule has 0 aromatic heterocycles. The van der Waals surface area contributed by atoms with E-state index in [0.29, 0.717) is 6.42 Å². The summed E-state index contributed by atoms with van der Waals surface area (Å²) in [7, 11) is 0. The number of carboxylic acids is 1. The van der Waals surface area contributed by atoms with Crippen molar-refractivity contribution < 1.29 is 9.90 Å². The van der Waals surface area contributed by atoms with Gasteiger partial charge in [-0.2, -0.15) is 0 Å². The Hall–Kier alpha value is -1.75. The highest BCUT2D eigenvalue weighted by molar-refractivity contribution is 5.69. The van der Waals surface area contributed by atoms with Crippen LogP contribution in [0.1, 0.15) is 26.3 Å². The fourth-order valence-electron chi connectivity index (χ4n) is 1.05. The second-order valence-corrected chi connectivity index (χ2v) is 2.93. The molecule has 1 atom stereocenters. The SMILES string of the molecule is C#C.CC.C[C@@H](Cc1ccccc1)C(=O)O. The van der Waals surface area contributed by atoms with Crippen LogP contribution in [0.4, 0.5) is 0 Å². The van der Waals surface area contributed by atoms with Gasteiger partial charge in [0.15, 0.2) is 0 Å². The molecule has 0 bridgehead atoms. The lowest BCUT2D eigenvalue weighted by Gasteiger charge is -2.04. The van der Waals surface area contributed by atoms with Gasteiger partial charge in [-0.05, 0) is 12.0 Å². The van der Waals surface area contributed by atoms with Gasteiger partial charge in [0, 0.05) is 0 Å². The molecular weight excluding hydrogens is 200 g/mol. The van der Waals surface area contributed by atoms with E-state index in [9.17, 15) is 4.79 Å². The molecule has 0 amide bonds. The molecular formula is C14H20O2. The first-order valence-electron chi connectivity index (χ1n) is 5.30. The van der Waals surface area contributed by atoms with E-state index < -0.39 is 5.97 Å². The summed E-state index contributed by atoms with van der Waals surface area (Å²) in [4.78, 5) is 10.5. The minimum absolute atomic E-state index is 0.299. The van der Waals surface area contributed by atoms with Crippen molar-refractivity contribution >= 4 is 5.97 Å². The van der Waals surface area contributed by atoms with Gasteiger partial charge in [-0.15, -0.1) is 12.8 Å². The molecule has 1 rings (SSSR count). The van der Waals surface area contributed by atoms with Crippen LogP contribution in [-0.4, -0.2) is 11.1 Å². The number of hydrogen-bond donors (Lipinski definition) is 1. The number of terminal acetylenes is 1. The summed E-state index contributed by atoms with van der Waals surface area (Å²) >= 11 is 0. The van der Waals surface area contributed by atoms with Crippen molar-refractivity contribution in [1.82, 2.24) is 0 Å². The molecule has 0 aliphatic carbocycles. The smallest absolute Gasteiger partial charge is 0.306 e. The molecule has 1 aromatic carbocycles. The number of carbonyl (C=O) groups is 1. The first-order chi connectivity index (χ1) is 7.70. The van der Waals surface area contributed by atoms with Crippen LogP contribution >= 0.6 is 0 Å². The van der Waals surface area contributed by atoms with Gasteiger partial charge in [0.05, 0.1) is 5.92 Å². The van der Waals surface area contributed by atoms with E-state index >= 15 is 0 Å². The Morgan fingerprint density at radius 1 is 1.25 bits per heavy atom. The predicted molar refractivity (Wildman–Crippen MR) is 68.2 cm³/mol. The van der Waals surface area contributed by atoms with Crippen LogP contribution in [0.25, 0.3) is 0 Å². The van der Waals surface area contributed by atoms with Crippen molar-refractivity contribution in [1.29, 1.82) is 0 Å². The molecule has 0 aliphatic rings. The molecule has 2 heteroatoms. The van der Waals surface area contributed by atoms with Crippen LogP contribution in [0.2, 0.25) is 0 Å². The van der Waals surface area contributed by atoms with E-state index in [2.05, 4.69) is 12.8 Å². The van der Waals surface area contributed by atoms with Crippen LogP contribution in [0.15, 0.2) is 30.3 Å². The predicted octanol–water partition coefficient (Wildman–Crippen LogP) is 3.23. The van der Waals surface area contributed by atoms with Crippen LogP contribution in [0, 0.1) is 18.8 Å². The molecule has 0 radical (unpaired) electrons. The minimum Gasteiger partial charge on any atom is -0.481 e. The Bertz CT molecular complexity index is 288. The van der Waals surface area contributed by atoms with Gasteiger partial charge in [-0.25, -0.2) is 0 Å². The number of rotatable bonds is 3. The molecule has 1 aromatic rings. The zero-order chi connectivity index (χ0) is 13.0. The van der Waals surface area contributed by atoms with Gasteiger partial charge in [0.1, 0.15) is 0 Å². The molecule has 0 saturated heterocycles. The maximum atomic E-state index is 10.5. The van der Waals surface area contributed by atoms with Crippen molar-refractivity contribution in [2.45, 2.75) is 27.2 Å². The first kappa shape index (κ1) is 16.7. The topological polar surface area (TPSA) is 37.3 Å². The van der Waals surface area contributed by atoms with E-state index in [1.54, 1.807) is 6.92 Å². The third kappa shape index (κ3) is 7.64. The maximum absolute atomic E-state index is 10.5. The summed E-state index contributed by atoms with van der Waals surface area (Å²) in [6.45, 7) is 5.72. The summed E-state index contributed by atoms with van der Waals surface area (Å²) in [5.41, 5.74) is 1.08. The molecule has 88 valence electrons. The largest absolute Gasteiger partial charge is 0.481 e. The Morgan fingerprint density at radius 3 is 2.06 bits per heavy atom. The van der Waals surface area contributed by atoms with Crippen molar-refractivity contribution in [2.75, 3.05) is 0 Å². The summed E-state index contributed by atoms with van der Waals surface area (Å²) < 4.78 is 0. The molecule has 0 spiro atoms. The highest BCUT2D eigenvalue weighted by Gasteiger charge is 2.10. The second-order valence-electron chi connectivity index (χ2n) is 2.93. The summed E-state index contributed by atoms with van der Waals surface area (Å²) in [5, 5.41) is 8.64. The molecule has 0 aliphatic heterocycles. The Balaban J connectivity index is 0. The van der Waals surface area contributed by atoms with Gasteiger partial charge in [0.2, 0.25) is 0 Å². The molecule has 0 heterocycles. The van der Waals surface area contributed by atoms with E-state index in [0.717, 1.165) is 5.56 Å². The van der Waals surface area contributed by atoms with E-state index in [1.165, 1.54) is 0 Å². The van der Waals surface area contributed by atoms with Crippen LogP contribution in [-0.2, 0) is 11.2 Å². The van der Waals surface area contributed by atoms with Gasteiger partial charge < -0.3 is 5.11 Å². The van der Waals surface area contributed by atoms with Gasteiger partial charge in [0.25, 0.3) is 0 Å². The normalized spacial score (nSPS) is 9.81. The first-order valence-corrected chi connectivity index (χ1v) is 5.30. The molecule has 16 heavy (non-hydrogen) atoms. The van der Waals surface area contributed by atoms with E-state index in [-0.39, 0.29) is 5.92 Å². The van der Waals surface area contributed by atoms with Crippen molar-refractivity contribution in [3.63, 3.8) is 0 Å². The Kier molecular flexibility index (Phi) is 11.8. The second kappa shape index (κ2) is 11.3. The number of carboxylic acid groups (broad SMARTS) is 1. The zero-order valence-electron chi connectivity index (χ0n) is 10.2. The number of hydrogen-bond acceptors (Lipinski definition) is 1. The third-order valence-electron chi connectivity index (χ3n) is 1.81. The standard InChI is InChI=1S/C10H12O2.C2H6.C2H2/c1-8(10(11)12)7-9-5-3-2-4-6-9;2*1-2/h2-6,8H,7H2,1H3,(H,11,12);1-2H3;1-2H/t8-;;/m0../s1. The van der Waals surface area contributed by atoms with Gasteiger partial charge >= 0.3 is 5.97 Å². The average Bonchev–Trinajstić information content (AvgIpc) is 2.35. The van der Waals surface area contributed by atoms with Crippen LogP contribution in [0.5, 0.6) is 0 Å². The summed E-state index contributed by atoms with van der Waals surface area (Å²) in [5.74, 6) is -1.04. The Labute approximate surface area is 98.3 Å². The fourth-order valence-corrected chi connectivity index (χ4v) is 1.05. The summed E-state index contributed by atoms with van der Waals surface area (Å²) in [6, 6.07) is 9.65. The van der Waals surface area contributed by atoms with E-state index in [4.69, 9.17) is 5.11 Å². The summed E-state index contributed by atoms with van der Waals surface area (Å²) in [6.07, 6.45) is 8.61. The number of aliphatic carboxylic acids is 1. The van der Waals surface area contributed by atoms with Crippen LogP contribution < -0.4 is 0 Å². The highest BCUT2D eigenvalue weighted by Crippen LogP contribution is 2.07. The Morgan fingerprint density at radius 2 is 1.69 bits per heavy atom. The lowest BCUT2D eigenvalue weighted by atomic mass is 10.0. The van der Waals surface area contributed by atoms with Crippen molar-refractivity contribution in [2.24, 2.45) is 5.92 Å². The highest BCUT2D eigenvalue weighted by atomic mass is 16.4. The monoisotopic (exact) mass is 220 g/mol. The molecule has 0 fully saturated rings. The quantitative estimate of drug-likeness (QED) is 0.794. The third-order valence-corrected chi connectivity index (χ3v) is 1.81. The maximum Gasteiger partial charge on any atom is 0.306 e. The number of benzene rings is 1. The molecule has 0 saturated carbocycles. The fraction of sp³-hybridized carbons (Fsp3) is 0.357. The van der Waals surface area contributed by atoms with E-state index in [1.807, 2.05) is 44.2 Å². The zero-order valence-corrected chi connectivity index (χ0v) is 10.2. The van der Waals surface area contributed by atoms with Crippen molar-refractivity contribution in [3.05, 3.63) is 35.9 Å². The molecule has 2 nitrogen and oxygen atoms in total. The van der Waals surface area contributed by atoms with Crippen LogP contribution in [0.3, 0.4) is 0 Å². The average molecular weight is 220 g/mol. The lowest BCUT2D eigenvalue weighted by Crippen LogP contribution is -2.11. The molecule has 0 unspecified atom stereocenters. The van der Waals surface area contributed by atoms with Gasteiger partial charge in [-0.3, -0.25) is 4.79 Å². The van der Waals surface area contributed by atoms with Crippen molar-refractivity contribution in [3.8, 4) is 12.8 Å². The minimum atomic E-state index is -0.737. The van der Waals surface area contributed by atoms with Gasteiger partial charge in [-0.1, -0.05) is 51.1 Å². The molecule has 1 N–H and O–H groups in total.